The molecule has 0 atom stereocenters. The highest BCUT2D eigenvalue weighted by atomic mass is 32.1. The summed E-state index contributed by atoms with van der Waals surface area (Å²) in [5, 5.41) is 3.84. The number of nitrogens with zero attached hydrogens (tertiary/aromatic N) is 1. The average Bonchev–Trinajstić information content (AvgIpc) is 2.71. The van der Waals surface area contributed by atoms with Gasteiger partial charge in [-0.05, 0) is 18.2 Å². The summed E-state index contributed by atoms with van der Waals surface area (Å²) in [6, 6.07) is 5.71. The maximum Gasteiger partial charge on any atom is 0.238 e. The van der Waals surface area contributed by atoms with Crippen LogP contribution in [-0.2, 0) is 10.2 Å². The van der Waals surface area contributed by atoms with Crippen LogP contribution in [0.15, 0.2) is 18.2 Å². The first-order valence-electron chi connectivity index (χ1n) is 5.81. The van der Waals surface area contributed by atoms with Crippen molar-refractivity contribution in [3.8, 4) is 0 Å². The molecular weight excluding hydrogens is 246 g/mol. The molecule has 2 aromatic rings. The van der Waals surface area contributed by atoms with Gasteiger partial charge in [0.15, 0.2) is 0 Å². The second kappa shape index (κ2) is 4.66. The number of thiazole rings is 1. The number of hydrogen-bond acceptors (Lipinski definition) is 4. The third-order valence-corrected chi connectivity index (χ3v) is 3.94. The molecule has 0 radical (unpaired) electrons. The zero-order valence-electron chi connectivity index (χ0n) is 10.8. The van der Waals surface area contributed by atoms with Gasteiger partial charge in [0.1, 0.15) is 0 Å². The van der Waals surface area contributed by atoms with Gasteiger partial charge in [-0.2, -0.15) is 0 Å². The number of anilines is 1. The summed E-state index contributed by atoms with van der Waals surface area (Å²) >= 11 is 1.66. The van der Waals surface area contributed by atoms with Crippen LogP contribution in [-0.4, -0.2) is 17.4 Å². The van der Waals surface area contributed by atoms with Gasteiger partial charge in [0.2, 0.25) is 5.91 Å². The Hall–Kier alpha value is -1.46. The lowest BCUT2D eigenvalue weighted by Crippen LogP contribution is -2.21. The average molecular weight is 263 g/mol. The molecule has 1 aromatic carbocycles. The highest BCUT2D eigenvalue weighted by Crippen LogP contribution is 2.32. The molecule has 0 saturated carbocycles. The molecule has 1 amide bonds. The lowest BCUT2D eigenvalue weighted by molar-refractivity contribution is -0.114. The van der Waals surface area contributed by atoms with Crippen molar-refractivity contribution in [2.75, 3.05) is 11.9 Å². The molecule has 0 spiro atoms. The molecule has 2 rings (SSSR count). The van der Waals surface area contributed by atoms with Gasteiger partial charge in [0.25, 0.3) is 0 Å². The summed E-state index contributed by atoms with van der Waals surface area (Å²) in [6.07, 6.45) is 0. The number of aromatic nitrogens is 1. The van der Waals surface area contributed by atoms with Crippen LogP contribution < -0.4 is 11.1 Å². The topological polar surface area (TPSA) is 68.0 Å². The third kappa shape index (κ3) is 2.68. The molecule has 0 aliphatic carbocycles. The fraction of sp³-hybridized carbons (Fsp3) is 0.385. The first kappa shape index (κ1) is 13.0. The molecule has 18 heavy (non-hydrogen) atoms. The van der Waals surface area contributed by atoms with Gasteiger partial charge in [-0.3, -0.25) is 4.79 Å². The summed E-state index contributed by atoms with van der Waals surface area (Å²) < 4.78 is 1.08. The fourth-order valence-corrected chi connectivity index (χ4v) is 2.60. The van der Waals surface area contributed by atoms with Gasteiger partial charge in [0.05, 0.1) is 21.8 Å². The Kier molecular flexibility index (Phi) is 3.36. The molecular formula is C13H17N3OS. The second-order valence-electron chi connectivity index (χ2n) is 5.20. The van der Waals surface area contributed by atoms with Gasteiger partial charge in [-0.25, -0.2) is 4.98 Å². The molecule has 4 nitrogen and oxygen atoms in total. The van der Waals surface area contributed by atoms with E-state index < -0.39 is 0 Å². The van der Waals surface area contributed by atoms with Crippen molar-refractivity contribution in [3.63, 3.8) is 0 Å². The van der Waals surface area contributed by atoms with Gasteiger partial charge in [0, 0.05) is 11.1 Å². The van der Waals surface area contributed by atoms with Crippen molar-refractivity contribution < 1.29 is 4.79 Å². The predicted octanol–water partition coefficient (Wildman–Crippen LogP) is 2.49. The van der Waals surface area contributed by atoms with E-state index in [-0.39, 0.29) is 17.9 Å². The Morgan fingerprint density at radius 3 is 2.78 bits per heavy atom. The molecule has 1 heterocycles. The van der Waals surface area contributed by atoms with E-state index in [1.165, 1.54) is 0 Å². The normalized spacial score (nSPS) is 11.8. The molecule has 0 fully saturated rings. The molecule has 3 N–H and O–H groups in total. The number of nitrogens with one attached hydrogen (secondary N) is 1. The van der Waals surface area contributed by atoms with Crippen molar-refractivity contribution in [2.45, 2.75) is 26.2 Å². The minimum Gasteiger partial charge on any atom is -0.325 e. The van der Waals surface area contributed by atoms with Crippen LogP contribution in [0.2, 0.25) is 0 Å². The summed E-state index contributed by atoms with van der Waals surface area (Å²) in [6.45, 7) is 6.42. The lowest BCUT2D eigenvalue weighted by Gasteiger charge is -2.13. The summed E-state index contributed by atoms with van der Waals surface area (Å²) in [4.78, 5) is 15.8. The fourth-order valence-electron chi connectivity index (χ4n) is 1.54. The number of rotatable bonds is 2. The zero-order valence-corrected chi connectivity index (χ0v) is 11.6. The van der Waals surface area contributed by atoms with Crippen LogP contribution in [0.5, 0.6) is 0 Å². The lowest BCUT2D eigenvalue weighted by atomic mass is 9.98. The van der Waals surface area contributed by atoms with Crippen molar-refractivity contribution >= 4 is 33.1 Å². The van der Waals surface area contributed by atoms with Crippen molar-refractivity contribution in [1.29, 1.82) is 0 Å². The van der Waals surface area contributed by atoms with Gasteiger partial charge < -0.3 is 11.1 Å². The highest BCUT2D eigenvalue weighted by Gasteiger charge is 2.18. The van der Waals surface area contributed by atoms with Crippen molar-refractivity contribution in [3.05, 3.63) is 23.2 Å². The Labute approximate surface area is 110 Å². The number of benzene rings is 1. The minimum absolute atomic E-state index is 0.00598. The van der Waals surface area contributed by atoms with Crippen LogP contribution in [0.4, 0.5) is 5.69 Å². The monoisotopic (exact) mass is 263 g/mol. The molecule has 0 unspecified atom stereocenters. The molecule has 1 aromatic heterocycles. The maximum atomic E-state index is 11.2. The van der Waals surface area contributed by atoms with Gasteiger partial charge in [-0.1, -0.05) is 20.8 Å². The Morgan fingerprint density at radius 1 is 1.44 bits per heavy atom. The zero-order chi connectivity index (χ0) is 13.3. The van der Waals surface area contributed by atoms with Gasteiger partial charge in [-0.15, -0.1) is 11.3 Å². The second-order valence-corrected chi connectivity index (χ2v) is 6.23. The Morgan fingerprint density at radius 2 is 2.17 bits per heavy atom. The number of fused-ring (bicyclic) bond motifs is 1. The number of hydrogen-bond donors (Lipinski definition) is 2. The molecule has 0 aliphatic rings. The molecule has 0 aliphatic heterocycles. The van der Waals surface area contributed by atoms with Gasteiger partial charge >= 0.3 is 0 Å². The number of nitrogens with two attached hydrogens (primary N) is 1. The molecule has 0 saturated heterocycles. The first-order chi connectivity index (χ1) is 8.40. The van der Waals surface area contributed by atoms with E-state index in [9.17, 15) is 4.79 Å². The number of amides is 1. The van der Waals surface area contributed by atoms with E-state index in [4.69, 9.17) is 5.73 Å². The van der Waals surface area contributed by atoms with Crippen LogP contribution in [0.3, 0.4) is 0 Å². The quantitative estimate of drug-likeness (QED) is 0.874. The predicted molar refractivity (Wildman–Crippen MR) is 76.0 cm³/mol. The molecule has 5 heteroatoms. The van der Waals surface area contributed by atoms with E-state index in [1.807, 2.05) is 18.2 Å². The van der Waals surface area contributed by atoms with Crippen LogP contribution in [0, 0.1) is 0 Å². The van der Waals surface area contributed by atoms with Crippen LogP contribution in [0.25, 0.3) is 10.2 Å². The number of carbonyl (C=O) groups is 1. The Balaban J connectivity index is 2.37. The number of carbonyl (C=O) groups excluding carboxylic acids is 1. The van der Waals surface area contributed by atoms with E-state index in [0.29, 0.717) is 0 Å². The van der Waals surface area contributed by atoms with E-state index >= 15 is 0 Å². The SMILES string of the molecule is CC(C)(C)c1nc2ccc(NC(=O)CN)cc2s1. The largest absolute Gasteiger partial charge is 0.325 e. The third-order valence-electron chi connectivity index (χ3n) is 2.50. The van der Waals surface area contributed by atoms with E-state index in [2.05, 4.69) is 31.1 Å². The summed E-state index contributed by atoms with van der Waals surface area (Å²) in [5.74, 6) is -0.185. The van der Waals surface area contributed by atoms with E-state index in [0.717, 1.165) is 20.9 Å². The highest BCUT2D eigenvalue weighted by molar-refractivity contribution is 7.18. The van der Waals surface area contributed by atoms with Crippen molar-refractivity contribution in [1.82, 2.24) is 4.98 Å². The van der Waals surface area contributed by atoms with Crippen LogP contribution >= 0.6 is 11.3 Å². The minimum atomic E-state index is -0.185. The maximum absolute atomic E-state index is 11.2. The van der Waals surface area contributed by atoms with Crippen LogP contribution in [0.1, 0.15) is 25.8 Å². The summed E-state index contributed by atoms with van der Waals surface area (Å²) in [5.41, 5.74) is 7.05. The smallest absolute Gasteiger partial charge is 0.238 e. The first-order valence-corrected chi connectivity index (χ1v) is 6.63. The standard InChI is InChI=1S/C13H17N3OS/c1-13(2,3)12-16-9-5-4-8(6-10(9)18-12)15-11(17)7-14/h4-6H,7,14H2,1-3H3,(H,15,17). The molecule has 0 bridgehead atoms. The molecule has 96 valence electrons. The summed E-state index contributed by atoms with van der Waals surface area (Å²) in [7, 11) is 0. The van der Waals surface area contributed by atoms with E-state index in [1.54, 1.807) is 11.3 Å². The Bertz CT molecular complexity index is 583. The van der Waals surface area contributed by atoms with Crippen molar-refractivity contribution in [2.24, 2.45) is 5.73 Å².